The molecule has 2 aromatic heterocycles. The zero-order valence-electron chi connectivity index (χ0n) is 13.4. The summed E-state index contributed by atoms with van der Waals surface area (Å²) in [5.74, 6) is 1.04. The molecule has 118 valence electrons. The van der Waals surface area contributed by atoms with E-state index in [1.807, 2.05) is 18.3 Å². The Morgan fingerprint density at radius 2 is 2.17 bits per heavy atom. The van der Waals surface area contributed by atoms with Gasteiger partial charge in [-0.1, -0.05) is 29.8 Å². The van der Waals surface area contributed by atoms with Crippen LogP contribution in [0.4, 0.5) is 0 Å². The third kappa shape index (κ3) is 2.86. The van der Waals surface area contributed by atoms with E-state index in [0.29, 0.717) is 0 Å². The van der Waals surface area contributed by atoms with Crippen molar-refractivity contribution in [2.45, 2.75) is 38.8 Å². The van der Waals surface area contributed by atoms with Gasteiger partial charge in [0, 0.05) is 19.2 Å². The minimum absolute atomic E-state index is 0.0588. The Morgan fingerprint density at radius 1 is 1.22 bits per heavy atom. The van der Waals surface area contributed by atoms with Gasteiger partial charge in [0.25, 0.3) is 0 Å². The molecule has 0 saturated carbocycles. The summed E-state index contributed by atoms with van der Waals surface area (Å²) < 4.78 is 8.22. The molecule has 23 heavy (non-hydrogen) atoms. The molecular formula is C19H21N3O. The van der Waals surface area contributed by atoms with Crippen molar-refractivity contribution in [3.63, 3.8) is 0 Å². The molecule has 4 heteroatoms. The van der Waals surface area contributed by atoms with E-state index < -0.39 is 0 Å². The molecule has 4 nitrogen and oxygen atoms in total. The van der Waals surface area contributed by atoms with E-state index in [9.17, 15) is 0 Å². The van der Waals surface area contributed by atoms with Crippen molar-refractivity contribution in [2.24, 2.45) is 0 Å². The van der Waals surface area contributed by atoms with Crippen LogP contribution in [-0.2, 0) is 11.2 Å². The number of nitrogens with zero attached hydrogens (tertiary/aromatic N) is 3. The van der Waals surface area contributed by atoms with E-state index in [4.69, 9.17) is 9.72 Å². The largest absolute Gasteiger partial charge is 0.358 e. The molecule has 4 rings (SSSR count). The highest BCUT2D eigenvalue weighted by Crippen LogP contribution is 2.28. The summed E-state index contributed by atoms with van der Waals surface area (Å²) in [5, 5.41) is 0. The second kappa shape index (κ2) is 6.13. The highest BCUT2D eigenvalue weighted by Gasteiger charge is 2.22. The van der Waals surface area contributed by atoms with Gasteiger partial charge in [0.15, 0.2) is 5.65 Å². The van der Waals surface area contributed by atoms with Gasteiger partial charge in [-0.15, -0.1) is 0 Å². The van der Waals surface area contributed by atoms with E-state index in [2.05, 4.69) is 40.7 Å². The average molecular weight is 307 g/mol. The molecule has 1 atom stereocenters. The van der Waals surface area contributed by atoms with Gasteiger partial charge in [-0.05, 0) is 43.9 Å². The number of aryl methyl sites for hydroxylation is 1. The van der Waals surface area contributed by atoms with E-state index >= 15 is 0 Å². The Hall–Kier alpha value is -2.20. The smallest absolute Gasteiger partial charge is 0.162 e. The van der Waals surface area contributed by atoms with E-state index in [1.54, 1.807) is 0 Å². The topological polar surface area (TPSA) is 39.9 Å². The first-order valence-corrected chi connectivity index (χ1v) is 8.30. The molecule has 1 aliphatic rings. The summed E-state index contributed by atoms with van der Waals surface area (Å²) in [4.78, 5) is 9.39. The van der Waals surface area contributed by atoms with Gasteiger partial charge in [0.1, 0.15) is 17.6 Å². The van der Waals surface area contributed by atoms with Gasteiger partial charge in [-0.3, -0.25) is 4.57 Å². The fraction of sp³-hybridized carbons (Fsp3) is 0.368. The lowest BCUT2D eigenvalue weighted by Crippen LogP contribution is -2.20. The molecule has 1 saturated heterocycles. The van der Waals surface area contributed by atoms with Crippen LogP contribution in [0.25, 0.3) is 11.2 Å². The Labute approximate surface area is 136 Å². The van der Waals surface area contributed by atoms with Crippen molar-refractivity contribution < 1.29 is 4.74 Å². The molecule has 1 fully saturated rings. The van der Waals surface area contributed by atoms with E-state index in [0.717, 1.165) is 42.9 Å². The minimum atomic E-state index is 0.0588. The van der Waals surface area contributed by atoms with Crippen molar-refractivity contribution >= 4 is 11.2 Å². The van der Waals surface area contributed by atoms with Crippen LogP contribution in [0.15, 0.2) is 42.6 Å². The van der Waals surface area contributed by atoms with Gasteiger partial charge in [-0.25, -0.2) is 9.97 Å². The van der Waals surface area contributed by atoms with Crippen molar-refractivity contribution in [1.82, 2.24) is 14.5 Å². The molecule has 0 radical (unpaired) electrons. The summed E-state index contributed by atoms with van der Waals surface area (Å²) in [6, 6.07) is 12.6. The van der Waals surface area contributed by atoms with E-state index in [-0.39, 0.29) is 6.23 Å². The molecule has 3 heterocycles. The van der Waals surface area contributed by atoms with Crippen molar-refractivity contribution in [1.29, 1.82) is 0 Å². The molecule has 0 bridgehead atoms. The number of hydrogen-bond acceptors (Lipinski definition) is 3. The van der Waals surface area contributed by atoms with Crippen molar-refractivity contribution in [2.75, 3.05) is 6.61 Å². The molecule has 0 N–H and O–H groups in total. The van der Waals surface area contributed by atoms with Gasteiger partial charge in [0.2, 0.25) is 0 Å². The van der Waals surface area contributed by atoms with Gasteiger partial charge >= 0.3 is 0 Å². The first kappa shape index (κ1) is 14.4. The number of fused-ring (bicyclic) bond motifs is 1. The van der Waals surface area contributed by atoms with Crippen LogP contribution in [-0.4, -0.2) is 21.1 Å². The van der Waals surface area contributed by atoms with Crippen LogP contribution in [0.5, 0.6) is 0 Å². The highest BCUT2D eigenvalue weighted by molar-refractivity contribution is 5.71. The molecule has 3 aromatic rings. The zero-order valence-corrected chi connectivity index (χ0v) is 13.4. The second-order valence-electron chi connectivity index (χ2n) is 6.23. The Morgan fingerprint density at radius 3 is 3.00 bits per heavy atom. The molecule has 0 aliphatic carbocycles. The summed E-state index contributed by atoms with van der Waals surface area (Å²) in [6.07, 6.45) is 6.06. The molecule has 1 aliphatic heterocycles. The first-order valence-electron chi connectivity index (χ1n) is 8.30. The van der Waals surface area contributed by atoms with Crippen LogP contribution in [0.2, 0.25) is 0 Å². The van der Waals surface area contributed by atoms with Crippen LogP contribution in [0, 0.1) is 6.92 Å². The molecule has 1 aromatic carbocycles. The van der Waals surface area contributed by atoms with Gasteiger partial charge in [-0.2, -0.15) is 0 Å². The molecular weight excluding hydrogens is 286 g/mol. The number of imidazole rings is 1. The SMILES string of the molecule is Cc1cccc(Cc2nc3cccnc3n2C2CCCCO2)c1. The summed E-state index contributed by atoms with van der Waals surface area (Å²) in [7, 11) is 0. The maximum absolute atomic E-state index is 6.02. The zero-order chi connectivity index (χ0) is 15.6. The normalized spacial score (nSPS) is 18.4. The Bertz CT molecular complexity index is 818. The number of aromatic nitrogens is 3. The predicted molar refractivity (Wildman–Crippen MR) is 90.4 cm³/mol. The molecule has 1 unspecified atom stereocenters. The highest BCUT2D eigenvalue weighted by atomic mass is 16.5. The van der Waals surface area contributed by atoms with E-state index in [1.165, 1.54) is 17.5 Å². The standard InChI is InChI=1S/C19H21N3O/c1-14-6-4-7-15(12-14)13-17-21-16-8-5-10-20-19(16)22(17)18-9-2-3-11-23-18/h4-8,10,12,18H,2-3,9,11,13H2,1H3. The van der Waals surface area contributed by atoms with Crippen LogP contribution < -0.4 is 0 Å². The minimum Gasteiger partial charge on any atom is -0.358 e. The van der Waals surface area contributed by atoms with Gasteiger partial charge < -0.3 is 4.74 Å². The fourth-order valence-corrected chi connectivity index (χ4v) is 3.34. The third-order valence-corrected chi connectivity index (χ3v) is 4.41. The van der Waals surface area contributed by atoms with Crippen LogP contribution >= 0.6 is 0 Å². The maximum Gasteiger partial charge on any atom is 0.162 e. The second-order valence-corrected chi connectivity index (χ2v) is 6.23. The maximum atomic E-state index is 6.02. The quantitative estimate of drug-likeness (QED) is 0.733. The molecule has 0 amide bonds. The number of ether oxygens (including phenoxy) is 1. The lowest BCUT2D eigenvalue weighted by atomic mass is 10.1. The number of hydrogen-bond donors (Lipinski definition) is 0. The Kier molecular flexibility index (Phi) is 3.83. The monoisotopic (exact) mass is 307 g/mol. The van der Waals surface area contributed by atoms with Gasteiger partial charge in [0.05, 0.1) is 0 Å². The van der Waals surface area contributed by atoms with Crippen molar-refractivity contribution in [3.05, 3.63) is 59.5 Å². The number of pyridine rings is 1. The van der Waals surface area contributed by atoms with Crippen LogP contribution in [0.1, 0.15) is 42.4 Å². The first-order chi connectivity index (χ1) is 11.3. The number of rotatable bonds is 3. The third-order valence-electron chi connectivity index (χ3n) is 4.41. The summed E-state index contributed by atoms with van der Waals surface area (Å²) in [5.41, 5.74) is 4.43. The predicted octanol–water partition coefficient (Wildman–Crippen LogP) is 4.03. The van der Waals surface area contributed by atoms with Crippen LogP contribution in [0.3, 0.4) is 0 Å². The summed E-state index contributed by atoms with van der Waals surface area (Å²) in [6.45, 7) is 2.94. The summed E-state index contributed by atoms with van der Waals surface area (Å²) >= 11 is 0. The lowest BCUT2D eigenvalue weighted by Gasteiger charge is -2.25. The lowest BCUT2D eigenvalue weighted by molar-refractivity contribution is -0.0311. The number of benzene rings is 1. The van der Waals surface area contributed by atoms with Crippen molar-refractivity contribution in [3.8, 4) is 0 Å². The molecule has 0 spiro atoms. The fourth-order valence-electron chi connectivity index (χ4n) is 3.34. The average Bonchev–Trinajstić information content (AvgIpc) is 2.93. The Balaban J connectivity index is 1.78.